The van der Waals surface area contributed by atoms with Gasteiger partial charge in [0, 0.05) is 6.61 Å². The van der Waals surface area contributed by atoms with Crippen molar-refractivity contribution in [3.05, 3.63) is 11.8 Å². The Balaban J connectivity index is 2.20. The first kappa shape index (κ1) is 14.9. The molecule has 19 heavy (non-hydrogen) atoms. The number of allylic oxidation sites excluding steroid dienone is 1. The minimum Gasteiger partial charge on any atom is -0.496 e. The molecule has 1 heterocycles. The zero-order chi connectivity index (χ0) is 13.6. The fourth-order valence-electron chi connectivity index (χ4n) is 3.57. The second-order valence-electron chi connectivity index (χ2n) is 5.73. The van der Waals surface area contributed by atoms with E-state index in [-0.39, 0.29) is 11.6 Å². The quantitative estimate of drug-likeness (QED) is 0.774. The molecule has 0 aromatic rings. The Kier molecular flexibility index (Phi) is 5.71. The van der Waals surface area contributed by atoms with Crippen molar-refractivity contribution in [2.45, 2.75) is 69.9 Å². The van der Waals surface area contributed by atoms with Gasteiger partial charge in [0.2, 0.25) is 0 Å². The van der Waals surface area contributed by atoms with Crippen molar-refractivity contribution in [1.82, 2.24) is 5.32 Å². The summed E-state index contributed by atoms with van der Waals surface area (Å²) in [5.74, 6) is 1.11. The summed E-state index contributed by atoms with van der Waals surface area (Å²) in [6.45, 7) is 3.74. The van der Waals surface area contributed by atoms with Crippen LogP contribution in [-0.2, 0) is 9.47 Å². The molecule has 0 aromatic heterocycles. The first-order valence-electron chi connectivity index (χ1n) is 7.96. The van der Waals surface area contributed by atoms with E-state index < -0.39 is 0 Å². The van der Waals surface area contributed by atoms with E-state index in [2.05, 4.69) is 18.3 Å². The van der Waals surface area contributed by atoms with Gasteiger partial charge in [0.05, 0.1) is 18.2 Å². The molecule has 1 atom stereocenters. The molecule has 0 aromatic carbocycles. The maximum absolute atomic E-state index is 6.27. The Labute approximate surface area is 117 Å². The lowest BCUT2D eigenvalue weighted by Crippen LogP contribution is -2.53. The molecule has 3 heteroatoms. The maximum Gasteiger partial charge on any atom is 0.112 e. The predicted molar refractivity (Wildman–Crippen MR) is 78.2 cm³/mol. The molecule has 1 saturated carbocycles. The smallest absolute Gasteiger partial charge is 0.112 e. The van der Waals surface area contributed by atoms with E-state index in [4.69, 9.17) is 9.47 Å². The van der Waals surface area contributed by atoms with E-state index >= 15 is 0 Å². The third-order valence-corrected chi connectivity index (χ3v) is 4.44. The molecule has 1 aliphatic heterocycles. The highest BCUT2D eigenvalue weighted by atomic mass is 16.5. The molecule has 110 valence electrons. The fraction of sp³-hybridized carbons (Fsp3) is 0.875. The van der Waals surface area contributed by atoms with Crippen LogP contribution in [0.25, 0.3) is 0 Å². The van der Waals surface area contributed by atoms with Gasteiger partial charge in [-0.25, -0.2) is 0 Å². The molecule has 0 saturated heterocycles. The Hall–Kier alpha value is -0.540. The summed E-state index contributed by atoms with van der Waals surface area (Å²) < 4.78 is 12.2. The molecule has 0 spiro atoms. The summed E-state index contributed by atoms with van der Waals surface area (Å²) >= 11 is 0. The summed E-state index contributed by atoms with van der Waals surface area (Å²) in [4.78, 5) is 0. The van der Waals surface area contributed by atoms with Crippen LogP contribution in [0.5, 0.6) is 0 Å². The Bertz CT molecular complexity index is 293. The van der Waals surface area contributed by atoms with E-state index in [1.807, 2.05) is 7.05 Å². The second-order valence-corrected chi connectivity index (χ2v) is 5.73. The third-order valence-electron chi connectivity index (χ3n) is 4.44. The number of likely N-dealkylation sites (N-methyl/N-ethyl adjacent to an activating group) is 1. The van der Waals surface area contributed by atoms with Gasteiger partial charge < -0.3 is 14.8 Å². The molecule has 0 radical (unpaired) electrons. The molecule has 3 nitrogen and oxygen atoms in total. The van der Waals surface area contributed by atoms with Crippen LogP contribution in [0.4, 0.5) is 0 Å². The van der Waals surface area contributed by atoms with Gasteiger partial charge in [-0.15, -0.1) is 0 Å². The van der Waals surface area contributed by atoms with E-state index in [9.17, 15) is 0 Å². The highest BCUT2D eigenvalue weighted by molar-refractivity contribution is 5.14. The van der Waals surface area contributed by atoms with E-state index in [1.165, 1.54) is 25.7 Å². The first-order chi connectivity index (χ1) is 9.32. The van der Waals surface area contributed by atoms with E-state index in [1.54, 1.807) is 0 Å². The monoisotopic (exact) mass is 267 g/mol. The highest BCUT2D eigenvalue weighted by Crippen LogP contribution is 2.37. The Morgan fingerprint density at radius 1 is 1.26 bits per heavy atom. The molecule has 1 unspecified atom stereocenters. The predicted octanol–water partition coefficient (Wildman–Crippen LogP) is 3.40. The summed E-state index contributed by atoms with van der Waals surface area (Å²) in [5, 5.41) is 3.48. The van der Waals surface area contributed by atoms with E-state index in [0.29, 0.717) is 0 Å². The third kappa shape index (κ3) is 3.51. The zero-order valence-corrected chi connectivity index (χ0v) is 12.5. The Morgan fingerprint density at radius 3 is 2.53 bits per heavy atom. The molecule has 1 fully saturated rings. The molecular weight excluding hydrogens is 238 g/mol. The Morgan fingerprint density at radius 2 is 2.00 bits per heavy atom. The van der Waals surface area contributed by atoms with Gasteiger partial charge in [-0.2, -0.15) is 0 Å². The van der Waals surface area contributed by atoms with Crippen molar-refractivity contribution in [1.29, 1.82) is 0 Å². The zero-order valence-electron chi connectivity index (χ0n) is 12.5. The largest absolute Gasteiger partial charge is 0.496 e. The van der Waals surface area contributed by atoms with Gasteiger partial charge in [0.15, 0.2) is 0 Å². The van der Waals surface area contributed by atoms with Crippen molar-refractivity contribution >= 4 is 0 Å². The van der Waals surface area contributed by atoms with Crippen molar-refractivity contribution < 1.29 is 9.47 Å². The van der Waals surface area contributed by atoms with Gasteiger partial charge in [-0.1, -0.05) is 25.7 Å². The van der Waals surface area contributed by atoms with Crippen molar-refractivity contribution in [2.24, 2.45) is 0 Å². The standard InChI is InChI=1S/C16H29NO2/c1-3-19-16(11-7-4-5-8-12-16)15(17-2)14-10-6-9-13-18-14/h10,15,17H,3-9,11-13H2,1-2H3. The number of hydrogen-bond donors (Lipinski definition) is 1. The van der Waals surface area contributed by atoms with Crippen LogP contribution in [-0.4, -0.2) is 31.9 Å². The minimum atomic E-state index is -0.0663. The summed E-state index contributed by atoms with van der Waals surface area (Å²) in [6.07, 6.45) is 12.0. The van der Waals surface area contributed by atoms with Crippen LogP contribution >= 0.6 is 0 Å². The van der Waals surface area contributed by atoms with E-state index in [0.717, 1.165) is 44.7 Å². The number of rotatable bonds is 5. The topological polar surface area (TPSA) is 30.5 Å². The minimum absolute atomic E-state index is 0.0663. The lowest BCUT2D eigenvalue weighted by atomic mass is 9.84. The second kappa shape index (κ2) is 7.30. The fourth-order valence-corrected chi connectivity index (χ4v) is 3.57. The molecule has 0 bridgehead atoms. The molecular formula is C16H29NO2. The van der Waals surface area contributed by atoms with Gasteiger partial charge >= 0.3 is 0 Å². The van der Waals surface area contributed by atoms with Crippen molar-refractivity contribution in [3.63, 3.8) is 0 Å². The average Bonchev–Trinajstić information content (AvgIpc) is 2.68. The molecule has 1 aliphatic carbocycles. The van der Waals surface area contributed by atoms with Gasteiger partial charge in [0.1, 0.15) is 5.76 Å². The van der Waals surface area contributed by atoms with Crippen LogP contribution in [0.2, 0.25) is 0 Å². The van der Waals surface area contributed by atoms with Crippen LogP contribution in [0, 0.1) is 0 Å². The van der Waals surface area contributed by atoms with Crippen LogP contribution in [0.3, 0.4) is 0 Å². The SMILES string of the molecule is CCOC1(C(NC)C2=CCCCO2)CCCCCC1. The lowest BCUT2D eigenvalue weighted by Gasteiger charge is -2.41. The first-order valence-corrected chi connectivity index (χ1v) is 7.96. The maximum atomic E-state index is 6.27. The average molecular weight is 267 g/mol. The number of hydrogen-bond acceptors (Lipinski definition) is 3. The molecule has 2 aliphatic rings. The van der Waals surface area contributed by atoms with Gasteiger partial charge in [-0.3, -0.25) is 0 Å². The lowest BCUT2D eigenvalue weighted by molar-refractivity contribution is -0.0785. The van der Waals surface area contributed by atoms with Gasteiger partial charge in [-0.05, 0) is 45.7 Å². The van der Waals surface area contributed by atoms with Crippen LogP contribution in [0.15, 0.2) is 11.8 Å². The summed E-state index contributed by atoms with van der Waals surface area (Å²) in [7, 11) is 2.04. The van der Waals surface area contributed by atoms with Crippen LogP contribution in [0.1, 0.15) is 58.3 Å². The molecule has 0 amide bonds. The van der Waals surface area contributed by atoms with Gasteiger partial charge in [0.25, 0.3) is 0 Å². The molecule has 2 rings (SSSR count). The normalized spacial score (nSPS) is 25.1. The van der Waals surface area contributed by atoms with Crippen LogP contribution < -0.4 is 5.32 Å². The number of nitrogens with one attached hydrogen (secondary N) is 1. The highest BCUT2D eigenvalue weighted by Gasteiger charge is 2.42. The van der Waals surface area contributed by atoms with Crippen molar-refractivity contribution in [2.75, 3.05) is 20.3 Å². The summed E-state index contributed by atoms with van der Waals surface area (Å²) in [6, 6.07) is 0.214. The summed E-state index contributed by atoms with van der Waals surface area (Å²) in [5.41, 5.74) is -0.0663. The van der Waals surface area contributed by atoms with Crippen molar-refractivity contribution in [3.8, 4) is 0 Å². The molecule has 1 N–H and O–H groups in total. The number of ether oxygens (including phenoxy) is 2.